The van der Waals surface area contributed by atoms with Crippen LogP contribution in [0.3, 0.4) is 0 Å². The highest BCUT2D eigenvalue weighted by Crippen LogP contribution is 2.37. The Hall–Kier alpha value is -9.00. The van der Waals surface area contributed by atoms with Gasteiger partial charge in [-0.3, -0.25) is 53.0 Å². The van der Waals surface area contributed by atoms with Gasteiger partial charge in [-0.25, -0.2) is 9.59 Å². The monoisotopic (exact) mass is 1400 g/mol. The number of benzene rings is 4. The molecule has 0 bridgehead atoms. The topological polar surface area (TPSA) is 301 Å². The SMILES string of the molecule is COC(=O)CSC(C)(C)C(NC(=O)[C@H](C)N(C)C(=O)OC(C)(C)C)C(=O)N1Cc2cc(NC(=O)c3ccc(C(=O)NC4CC(C(=O)N[C@@H]5CCCc6ccccc65)N(C(=O)[C@@H](NC(=O)[C@H](C)N(C)C(=O)OC(C)(C)C)C(C)(C)C)C4)cc3)ccc2C[C@H]1C(=O)N[C@@H]1CCCc2ccccc21. The Balaban J connectivity index is 1.01. The van der Waals surface area contributed by atoms with E-state index in [1.165, 1.54) is 69.1 Å². The van der Waals surface area contributed by atoms with Crippen LogP contribution in [0.25, 0.3) is 0 Å². The van der Waals surface area contributed by atoms with E-state index in [2.05, 4.69) is 31.9 Å². The Bertz CT molecular complexity index is 3750. The van der Waals surface area contributed by atoms with Crippen molar-refractivity contribution in [1.82, 2.24) is 46.2 Å². The number of carbonyl (C=O) groups is 11. The number of rotatable bonds is 20. The van der Waals surface area contributed by atoms with Crippen LogP contribution in [0.15, 0.2) is 91.0 Å². The predicted molar refractivity (Wildman–Crippen MR) is 380 cm³/mol. The number of fused-ring (bicyclic) bond motifs is 3. The van der Waals surface area contributed by atoms with Gasteiger partial charge in [0.2, 0.25) is 35.4 Å². The minimum Gasteiger partial charge on any atom is -0.468 e. The first-order valence-corrected chi connectivity index (χ1v) is 35.3. The summed E-state index contributed by atoms with van der Waals surface area (Å²) in [6.07, 6.45) is 3.32. The normalized spacial score (nSPS) is 19.4. The molecule has 6 N–H and O–H groups in total. The van der Waals surface area contributed by atoms with Crippen molar-refractivity contribution in [2.45, 2.75) is 218 Å². The van der Waals surface area contributed by atoms with E-state index in [-0.39, 0.29) is 54.9 Å². The van der Waals surface area contributed by atoms with Crippen LogP contribution < -0.4 is 31.9 Å². The Morgan fingerprint density at radius 2 is 1.05 bits per heavy atom. The molecule has 2 aliphatic heterocycles. The summed E-state index contributed by atoms with van der Waals surface area (Å²) in [4.78, 5) is 161. The molecule has 0 radical (unpaired) electrons. The van der Waals surface area contributed by atoms with Crippen molar-refractivity contribution in [2.75, 3.05) is 38.8 Å². The number of likely N-dealkylation sites (tertiary alicyclic amines) is 1. The van der Waals surface area contributed by atoms with E-state index in [1.807, 2.05) is 48.5 Å². The summed E-state index contributed by atoms with van der Waals surface area (Å²) >= 11 is 1.07. The van der Waals surface area contributed by atoms with Crippen molar-refractivity contribution in [3.8, 4) is 0 Å². The molecule has 0 saturated carbocycles. The zero-order valence-electron chi connectivity index (χ0n) is 60.5. The van der Waals surface area contributed by atoms with E-state index in [4.69, 9.17) is 14.2 Å². The smallest absolute Gasteiger partial charge is 0.410 e. The van der Waals surface area contributed by atoms with E-state index in [0.717, 1.165) is 75.1 Å². The number of ether oxygens (including phenoxy) is 3. The first-order valence-electron chi connectivity index (χ1n) is 34.3. The number of hydrogen-bond acceptors (Lipinski definition) is 15. The number of thioether (sulfide) groups is 1. The molecule has 2 heterocycles. The maximum Gasteiger partial charge on any atom is 0.410 e. The van der Waals surface area contributed by atoms with Crippen molar-refractivity contribution in [3.05, 3.63) is 136 Å². The van der Waals surface area contributed by atoms with Gasteiger partial charge in [-0.15, -0.1) is 11.8 Å². The Kier molecular flexibility index (Phi) is 24.3. The van der Waals surface area contributed by atoms with Crippen LogP contribution in [0.4, 0.5) is 15.3 Å². The number of carbonyl (C=O) groups excluding carboxylic acids is 11. The Morgan fingerprint density at radius 1 is 0.570 bits per heavy atom. The van der Waals surface area contributed by atoms with Gasteiger partial charge in [0.15, 0.2) is 0 Å². The third-order valence-corrected chi connectivity index (χ3v) is 20.2. The third kappa shape index (κ3) is 19.1. The number of nitrogens with one attached hydrogen (secondary N) is 6. The van der Waals surface area contributed by atoms with E-state index >= 15 is 9.59 Å². The van der Waals surface area contributed by atoms with Gasteiger partial charge < -0.3 is 55.9 Å². The van der Waals surface area contributed by atoms with Crippen LogP contribution in [-0.4, -0.2) is 177 Å². The van der Waals surface area contributed by atoms with Gasteiger partial charge in [-0.2, -0.15) is 0 Å². The van der Waals surface area contributed by atoms with Crippen molar-refractivity contribution < 1.29 is 67.0 Å². The van der Waals surface area contributed by atoms with Gasteiger partial charge >= 0.3 is 18.2 Å². The molecule has 0 aromatic heterocycles. The molecule has 1 saturated heterocycles. The summed E-state index contributed by atoms with van der Waals surface area (Å²) < 4.78 is 14.8. The highest BCUT2D eigenvalue weighted by molar-refractivity contribution is 8.01. The van der Waals surface area contributed by atoms with E-state index in [0.29, 0.717) is 24.1 Å². The van der Waals surface area contributed by atoms with Gasteiger partial charge in [-0.1, -0.05) is 75.4 Å². The maximum atomic E-state index is 15.6. The average molecular weight is 1400 g/mol. The lowest BCUT2D eigenvalue weighted by Gasteiger charge is -2.42. The maximum absolute atomic E-state index is 15.6. The first-order chi connectivity index (χ1) is 46.8. The zero-order valence-corrected chi connectivity index (χ0v) is 61.4. The average Bonchev–Trinajstić information content (AvgIpc) is 1.58. The highest BCUT2D eigenvalue weighted by Gasteiger charge is 2.49. The van der Waals surface area contributed by atoms with Gasteiger partial charge in [-0.05, 0) is 189 Å². The highest BCUT2D eigenvalue weighted by atomic mass is 32.2. The molecule has 4 aliphatic rings. The first kappa shape index (κ1) is 76.7. The van der Waals surface area contributed by atoms with Crippen LogP contribution in [0.1, 0.15) is 188 Å². The van der Waals surface area contributed by atoms with Gasteiger partial charge in [0.05, 0.1) is 24.9 Å². The van der Waals surface area contributed by atoms with Crippen molar-refractivity contribution in [1.29, 1.82) is 0 Å². The number of anilines is 1. The van der Waals surface area contributed by atoms with Crippen molar-refractivity contribution in [2.24, 2.45) is 5.41 Å². The number of esters is 1. The second-order valence-corrected chi connectivity index (χ2v) is 31.8. The molecule has 8 rings (SSSR count). The summed E-state index contributed by atoms with van der Waals surface area (Å²) in [5.41, 5.74) is 3.65. The fourth-order valence-electron chi connectivity index (χ4n) is 12.9. The molecule has 100 heavy (non-hydrogen) atoms. The molecule has 4 aromatic rings. The van der Waals surface area contributed by atoms with Crippen LogP contribution in [0.2, 0.25) is 0 Å². The molecule has 1 fully saturated rings. The number of aryl methyl sites for hydroxylation is 2. The molecule has 24 nitrogen and oxygen atoms in total. The quantitative estimate of drug-likeness (QED) is 0.0357. The lowest BCUT2D eigenvalue weighted by molar-refractivity contribution is -0.146. The summed E-state index contributed by atoms with van der Waals surface area (Å²) in [5.74, 6) is -5.19. The molecular weight excluding hydrogens is 1300 g/mol. The van der Waals surface area contributed by atoms with Crippen LogP contribution >= 0.6 is 11.8 Å². The number of hydrogen-bond donors (Lipinski definition) is 6. The third-order valence-electron chi connectivity index (χ3n) is 18.9. The number of amides is 10. The molecule has 25 heteroatoms. The second kappa shape index (κ2) is 31.7. The fourth-order valence-corrected chi connectivity index (χ4v) is 13.8. The minimum absolute atomic E-state index is 0.0382. The minimum atomic E-state index is -1.39. The van der Waals surface area contributed by atoms with Crippen molar-refractivity contribution >= 4 is 82.9 Å². The standard InChI is InChI=1S/C75H100N10O14S/c1-43(82(14)70(95)98-73(6,7)8)62(87)80-60(72(3,4)5)68(93)85-41-52(39-58(85)67(92)79-56-30-22-26-46-24-18-20-28-54(46)56)77-65(90)48-33-31-47(32-34-48)64(89)76-51-36-35-49-38-57(66(91)78-55-29-21-25-45-23-17-19-27-53(45)55)84(40-50(49)37-51)69(94)61(75(12,13)100-42-59(86)97-16)81-63(88)44(2)83(15)71(96)99-74(9,10)11/h17-20,23-24,27-28,31-37,43-44,52,55-58,60-61H,21-22,25-26,29-30,38-42H2,1-16H3,(H,76,89)(H,77,90)(H,78,91)(H,79,92)(H,80,87)(H,81,88)/t43-,44-,52?,55+,56+,57-,58?,60+,61?/m0/s1. The van der Waals surface area contributed by atoms with E-state index in [9.17, 15) is 43.2 Å². The molecule has 10 amide bonds. The molecule has 9 atom stereocenters. The fraction of sp³-hybridized carbons (Fsp3) is 0.533. The second-order valence-electron chi connectivity index (χ2n) is 30.2. The largest absolute Gasteiger partial charge is 0.468 e. The predicted octanol–water partition coefficient (Wildman–Crippen LogP) is 8.49. The van der Waals surface area contributed by atoms with Gasteiger partial charge in [0.25, 0.3) is 11.8 Å². The summed E-state index contributed by atoms with van der Waals surface area (Å²) in [5, 5.41) is 18.2. The zero-order chi connectivity index (χ0) is 73.5. The Labute approximate surface area is 591 Å². The van der Waals surface area contributed by atoms with Gasteiger partial charge in [0.1, 0.15) is 47.5 Å². The van der Waals surface area contributed by atoms with Crippen LogP contribution in [-0.2, 0) is 73.6 Å². The van der Waals surface area contributed by atoms with Crippen molar-refractivity contribution in [3.63, 3.8) is 0 Å². The molecule has 3 unspecified atom stereocenters. The lowest BCUT2D eigenvalue weighted by Crippen LogP contribution is -2.64. The molecule has 4 aromatic carbocycles. The molecule has 540 valence electrons. The molecule has 2 aliphatic carbocycles. The number of methoxy groups -OCH3 is 1. The summed E-state index contributed by atoms with van der Waals surface area (Å²) in [6.45, 7) is 21.7. The van der Waals surface area contributed by atoms with Crippen LogP contribution in [0, 0.1) is 5.41 Å². The van der Waals surface area contributed by atoms with Crippen LogP contribution in [0.5, 0.6) is 0 Å². The lowest BCUT2D eigenvalue weighted by atomic mass is 9.85. The summed E-state index contributed by atoms with van der Waals surface area (Å²) in [7, 11) is 4.08. The number of likely N-dealkylation sites (N-methyl/N-ethyl adjacent to an activating group) is 2. The summed E-state index contributed by atoms with van der Waals surface area (Å²) in [6, 6.07) is 18.6. The van der Waals surface area contributed by atoms with E-state index in [1.54, 1.807) is 94.4 Å². The Morgan fingerprint density at radius 3 is 1.55 bits per heavy atom. The molecular formula is C75H100N10O14S. The van der Waals surface area contributed by atoms with Gasteiger partial charge in [0, 0.05) is 61.2 Å². The van der Waals surface area contributed by atoms with E-state index < -0.39 is 129 Å². The molecule has 0 spiro atoms. The number of nitrogens with zero attached hydrogens (tertiary/aromatic N) is 4.